The molecular formula is C28H44N2O29S2. The summed E-state index contributed by atoms with van der Waals surface area (Å²) in [6, 6.07) is -3.94. The molecular weight excluding hydrogens is 892 g/mol. The van der Waals surface area contributed by atoms with Gasteiger partial charge in [-0.25, -0.2) is 18.0 Å². The fourth-order valence-electron chi connectivity index (χ4n) is 6.68. The van der Waals surface area contributed by atoms with Crippen LogP contribution in [0, 0.1) is 0 Å². The molecule has 0 saturated carbocycles. The van der Waals surface area contributed by atoms with E-state index in [0.29, 0.717) is 0 Å². The zero-order valence-electron chi connectivity index (χ0n) is 31.1. The molecule has 0 aromatic carbocycles. The number of aliphatic carboxylic acids is 2. The number of ether oxygens (including phenoxy) is 7. The second kappa shape index (κ2) is 20.2. The number of hydrogen-bond donors (Lipinski definition) is 14. The highest BCUT2D eigenvalue weighted by atomic mass is 32.3. The van der Waals surface area contributed by atoms with Crippen molar-refractivity contribution < 1.29 is 138 Å². The summed E-state index contributed by atoms with van der Waals surface area (Å²) in [5, 5.41) is 109. The van der Waals surface area contributed by atoms with Crippen molar-refractivity contribution in [3.63, 3.8) is 0 Å². The van der Waals surface area contributed by atoms with Crippen molar-refractivity contribution >= 4 is 44.6 Å². The second-order valence-electron chi connectivity index (χ2n) is 13.7. The Hall–Kier alpha value is -2.98. The van der Waals surface area contributed by atoms with Crippen LogP contribution in [0.4, 0.5) is 0 Å². The smallest absolute Gasteiger partial charge is 0.397 e. The lowest BCUT2D eigenvalue weighted by Crippen LogP contribution is -2.71. The van der Waals surface area contributed by atoms with E-state index >= 15 is 0 Å². The van der Waals surface area contributed by atoms with Crippen LogP contribution in [-0.4, -0.2) is 237 Å². The van der Waals surface area contributed by atoms with Gasteiger partial charge in [-0.15, -0.1) is 0 Å². The standard InChI is InChI=1S/C28H44N2O29S2/c1-5(32)29-9-19(17(59-61(48,49)50)7(3-31)52-25(9)44)55-28-16(39)14(37)20(22(58-28)24(42)43)56-26-10(30-6(2)33)18(11(34)8(53-26)4-51-60(45,46)47)54-27-15(38)12(35)13(36)21(57-27)23(40)41/h7-22,25-28,31,34-39,44H,3-4H2,1-2H3,(H,29,32)(H,30,33)(H,40,41)(H,42,43)(H,45,46,47)(H,48,49,50)/t7-,8-,9-,10-,11+,12+,13+,14-,15-,16-,17+,18-,19-,20+,21+,22+,25-,26+,27-,28-/m1/s1. The zero-order valence-corrected chi connectivity index (χ0v) is 32.7. The number of aliphatic hydroxyl groups excluding tert-OH is 8. The Morgan fingerprint density at radius 1 is 0.557 bits per heavy atom. The third kappa shape index (κ3) is 12.4. The van der Waals surface area contributed by atoms with E-state index in [0.717, 1.165) is 13.8 Å². The van der Waals surface area contributed by atoms with E-state index in [4.69, 9.17) is 33.2 Å². The third-order valence-corrected chi connectivity index (χ3v) is 10.2. The van der Waals surface area contributed by atoms with Crippen molar-refractivity contribution in [2.75, 3.05) is 13.2 Å². The molecule has 0 unspecified atom stereocenters. The molecule has 0 aliphatic carbocycles. The molecule has 0 aromatic rings. The first-order valence-corrected chi connectivity index (χ1v) is 20.1. The molecule has 4 saturated heterocycles. The third-order valence-electron chi connectivity index (χ3n) is 9.35. The quantitative estimate of drug-likeness (QED) is 0.0639. The van der Waals surface area contributed by atoms with E-state index in [9.17, 15) is 96.2 Å². The van der Waals surface area contributed by atoms with Crippen LogP contribution in [0.5, 0.6) is 0 Å². The van der Waals surface area contributed by atoms with Crippen LogP contribution < -0.4 is 10.6 Å². The molecule has 0 bridgehead atoms. The van der Waals surface area contributed by atoms with Gasteiger partial charge in [0.2, 0.25) is 11.8 Å². The molecule has 20 atom stereocenters. The lowest BCUT2D eigenvalue weighted by atomic mass is 9.94. The summed E-state index contributed by atoms with van der Waals surface area (Å²) in [6.45, 7) is -0.751. The lowest BCUT2D eigenvalue weighted by Gasteiger charge is -2.50. The van der Waals surface area contributed by atoms with Crippen molar-refractivity contribution in [2.24, 2.45) is 0 Å². The van der Waals surface area contributed by atoms with Crippen LogP contribution in [0.15, 0.2) is 0 Å². The average Bonchev–Trinajstić information content (AvgIpc) is 3.13. The topological polar surface area (TPSA) is 486 Å². The second-order valence-corrected chi connectivity index (χ2v) is 15.9. The van der Waals surface area contributed by atoms with Gasteiger partial charge >= 0.3 is 32.7 Å². The molecule has 4 fully saturated rings. The van der Waals surface area contributed by atoms with E-state index in [2.05, 4.69) is 19.0 Å². The fourth-order valence-corrected chi connectivity index (χ4v) is 7.50. The molecule has 2 amide bonds. The maximum Gasteiger partial charge on any atom is 0.397 e. The van der Waals surface area contributed by atoms with Crippen LogP contribution in [0.3, 0.4) is 0 Å². The van der Waals surface area contributed by atoms with Crippen LogP contribution >= 0.6 is 0 Å². The van der Waals surface area contributed by atoms with Gasteiger partial charge in [0.15, 0.2) is 37.4 Å². The van der Waals surface area contributed by atoms with Crippen molar-refractivity contribution in [2.45, 2.75) is 137 Å². The summed E-state index contributed by atoms with van der Waals surface area (Å²) in [5.74, 6) is -5.91. The number of carboxylic acids is 2. The number of carboxylic acid groups (broad SMARTS) is 2. The van der Waals surface area contributed by atoms with Gasteiger partial charge in [0.1, 0.15) is 85.3 Å². The number of carbonyl (C=O) groups is 4. The molecule has 0 radical (unpaired) electrons. The first-order chi connectivity index (χ1) is 28.1. The Labute approximate surface area is 342 Å². The molecule has 0 spiro atoms. The lowest BCUT2D eigenvalue weighted by molar-refractivity contribution is -0.367. The predicted octanol–water partition coefficient (Wildman–Crippen LogP) is -9.62. The molecule has 14 N–H and O–H groups in total. The van der Waals surface area contributed by atoms with Gasteiger partial charge in [-0.05, 0) is 0 Å². The number of carbonyl (C=O) groups excluding carboxylic acids is 2. The SMILES string of the molecule is CC(=O)N[C@@H]1[C@@H](O[C@@H]2O[C@H](C(=O)O)[C@@H](O[C@@H]3O[C@H](COS(=O)(=O)O)[C@H](O)[C@H](O[C@@H]4O[C@H](C(=O)O)[C@@H](O)[C@H](O)[C@H]4O)[C@H]3NC(C)=O)[C@H](O)[C@H]2O)[C@@H](OS(=O)(=O)O)[C@@H](CO)O[C@H]1O. The van der Waals surface area contributed by atoms with Gasteiger partial charge in [-0.3, -0.25) is 18.7 Å². The zero-order chi connectivity index (χ0) is 46.0. The average molecular weight is 937 g/mol. The Morgan fingerprint density at radius 3 is 1.57 bits per heavy atom. The largest absolute Gasteiger partial charge is 0.479 e. The number of amides is 2. The van der Waals surface area contributed by atoms with Crippen LogP contribution in [0.25, 0.3) is 0 Å². The Balaban J connectivity index is 1.72. The van der Waals surface area contributed by atoms with Gasteiger partial charge in [-0.1, -0.05) is 0 Å². The highest BCUT2D eigenvalue weighted by molar-refractivity contribution is 7.81. The summed E-state index contributed by atoms with van der Waals surface area (Å²) < 4.78 is 112. The van der Waals surface area contributed by atoms with Gasteiger partial charge in [0.05, 0.1) is 13.2 Å². The Morgan fingerprint density at radius 2 is 1.07 bits per heavy atom. The van der Waals surface area contributed by atoms with Crippen molar-refractivity contribution in [3.8, 4) is 0 Å². The first kappa shape index (κ1) is 50.7. The van der Waals surface area contributed by atoms with Crippen LogP contribution in [-0.2, 0) is 81.5 Å². The summed E-state index contributed by atoms with van der Waals surface area (Å²) in [6.07, 6.45) is -41.3. The minimum atomic E-state index is -5.48. The van der Waals surface area contributed by atoms with Gasteiger partial charge in [0, 0.05) is 13.8 Å². The van der Waals surface area contributed by atoms with E-state index in [-0.39, 0.29) is 0 Å². The van der Waals surface area contributed by atoms with Gasteiger partial charge < -0.3 is 94.9 Å². The van der Waals surface area contributed by atoms with Gasteiger partial charge in [-0.2, -0.15) is 16.8 Å². The molecule has 4 aliphatic rings. The van der Waals surface area contributed by atoms with Gasteiger partial charge in [0.25, 0.3) is 0 Å². The molecule has 33 heteroatoms. The van der Waals surface area contributed by atoms with Crippen molar-refractivity contribution in [1.82, 2.24) is 10.6 Å². The number of rotatable bonds is 16. The first-order valence-electron chi connectivity index (χ1n) is 17.4. The summed E-state index contributed by atoms with van der Waals surface area (Å²) in [7, 11) is -10.8. The number of aliphatic hydroxyl groups is 8. The monoisotopic (exact) mass is 936 g/mol. The summed E-state index contributed by atoms with van der Waals surface area (Å²) >= 11 is 0. The van der Waals surface area contributed by atoms with E-state index in [1.807, 2.05) is 0 Å². The fraction of sp³-hybridized carbons (Fsp3) is 0.857. The van der Waals surface area contributed by atoms with Crippen LogP contribution in [0.2, 0.25) is 0 Å². The minimum Gasteiger partial charge on any atom is -0.479 e. The highest BCUT2D eigenvalue weighted by Gasteiger charge is 2.58. The Kier molecular flexibility index (Phi) is 16.8. The number of nitrogens with one attached hydrogen (secondary N) is 2. The molecule has 4 heterocycles. The normalized spacial score (nSPS) is 42.3. The minimum absolute atomic E-state index is 0.854. The Bertz CT molecular complexity index is 1790. The number of hydrogen-bond acceptors (Lipinski definition) is 25. The van der Waals surface area contributed by atoms with Crippen molar-refractivity contribution in [1.29, 1.82) is 0 Å². The van der Waals surface area contributed by atoms with E-state index in [1.54, 1.807) is 0 Å². The van der Waals surface area contributed by atoms with Crippen molar-refractivity contribution in [3.05, 3.63) is 0 Å². The van der Waals surface area contributed by atoms with E-state index < -0.39 is 180 Å². The molecule has 0 aromatic heterocycles. The molecule has 4 rings (SSSR count). The van der Waals surface area contributed by atoms with E-state index in [1.165, 1.54) is 0 Å². The summed E-state index contributed by atoms with van der Waals surface area (Å²) in [5.41, 5.74) is 0. The molecule has 31 nitrogen and oxygen atoms in total. The molecule has 61 heavy (non-hydrogen) atoms. The maximum absolute atomic E-state index is 12.6. The predicted molar refractivity (Wildman–Crippen MR) is 179 cm³/mol. The molecule has 4 aliphatic heterocycles. The van der Waals surface area contributed by atoms with Crippen LogP contribution in [0.1, 0.15) is 13.8 Å². The summed E-state index contributed by atoms with van der Waals surface area (Å²) in [4.78, 5) is 48.8. The molecule has 352 valence electrons. The highest BCUT2D eigenvalue weighted by Crippen LogP contribution is 2.35. The maximum atomic E-state index is 12.6.